The molecule has 0 saturated heterocycles. The third kappa shape index (κ3) is 6.86. The smallest absolute Gasteiger partial charge is 0.493 e. The van der Waals surface area contributed by atoms with Gasteiger partial charge in [-0.3, -0.25) is 9.78 Å². The Bertz CT molecular complexity index is 1470. The number of hydrogen-bond acceptors (Lipinski definition) is 8. The number of nitrogens with one attached hydrogen (secondary N) is 2. The molecule has 2 aromatic heterocycles. The molecule has 0 spiro atoms. The third-order valence-corrected chi connectivity index (χ3v) is 5.77. The molecule has 13 heteroatoms. The average Bonchev–Trinajstić information content (AvgIpc) is 3.36. The van der Waals surface area contributed by atoms with Gasteiger partial charge in [0.05, 0.1) is 37.4 Å². The number of carbonyl (C=O) groups excluding carboxylic acids is 2. The van der Waals surface area contributed by atoms with Crippen LogP contribution in [0.2, 0.25) is 0 Å². The maximum absolute atomic E-state index is 13.1. The van der Waals surface area contributed by atoms with Gasteiger partial charge in [-0.2, -0.15) is 18.2 Å². The molecule has 0 fully saturated rings. The Morgan fingerprint density at radius 2 is 1.82 bits per heavy atom. The van der Waals surface area contributed by atoms with E-state index in [0.29, 0.717) is 28.8 Å². The van der Waals surface area contributed by atoms with Gasteiger partial charge in [0.15, 0.2) is 0 Å². The third-order valence-electron chi connectivity index (χ3n) is 5.77. The number of nitrogens with zero attached hydrogens (tertiary/aromatic N) is 4. The van der Waals surface area contributed by atoms with Gasteiger partial charge in [-0.15, -0.1) is 0 Å². The highest BCUT2D eigenvalue weighted by Crippen LogP contribution is 2.30. The van der Waals surface area contributed by atoms with Gasteiger partial charge < -0.3 is 24.8 Å². The molecule has 210 valence electrons. The van der Waals surface area contributed by atoms with E-state index in [-0.39, 0.29) is 24.3 Å². The van der Waals surface area contributed by atoms with Crippen molar-refractivity contribution in [2.75, 3.05) is 39.6 Å². The monoisotopic (exact) mass is 556 g/mol. The molecule has 1 amide bonds. The number of H-pyrrole nitrogens is 1. The van der Waals surface area contributed by atoms with Gasteiger partial charge in [-0.05, 0) is 57.4 Å². The molecule has 0 saturated carbocycles. The molecule has 0 atom stereocenters. The van der Waals surface area contributed by atoms with Crippen molar-refractivity contribution < 1.29 is 32.3 Å². The van der Waals surface area contributed by atoms with Crippen molar-refractivity contribution in [2.24, 2.45) is 0 Å². The summed E-state index contributed by atoms with van der Waals surface area (Å²) in [6.07, 6.45) is -1.87. The molecule has 0 unspecified atom stereocenters. The minimum atomic E-state index is -5.26. The molecule has 4 aromatic rings. The molecule has 40 heavy (non-hydrogen) atoms. The maximum Gasteiger partial charge on any atom is 0.493 e. The molecule has 0 aliphatic heterocycles. The number of aromatic amines is 1. The summed E-state index contributed by atoms with van der Waals surface area (Å²) in [5, 5.41) is 4.52. The summed E-state index contributed by atoms with van der Waals surface area (Å²) in [4.78, 5) is 42.9. The van der Waals surface area contributed by atoms with E-state index in [9.17, 15) is 22.8 Å². The molecule has 0 aliphatic carbocycles. The van der Waals surface area contributed by atoms with Crippen LogP contribution in [0.25, 0.3) is 22.3 Å². The summed E-state index contributed by atoms with van der Waals surface area (Å²) < 4.78 is 43.9. The highest BCUT2D eigenvalue weighted by Gasteiger charge is 2.43. The lowest BCUT2D eigenvalue weighted by molar-refractivity contribution is -0.228. The summed E-state index contributed by atoms with van der Waals surface area (Å²) in [7, 11) is 4.91. The largest absolute Gasteiger partial charge is 0.495 e. The molecule has 2 heterocycles. The summed E-state index contributed by atoms with van der Waals surface area (Å²) in [6, 6.07) is 14.0. The van der Waals surface area contributed by atoms with Crippen molar-refractivity contribution in [2.45, 2.75) is 12.6 Å². The fraction of sp³-hybridized carbons (Fsp3) is 0.259. The standard InChI is InChI=1S/C27H27F3N6O4/c1-35(2)11-6-12-36(40-26(38)27(28,29)30)25(37)18-9-10-20(23(14-18)39-3)33-24-16-31-15-22(34-24)21-13-17-7-4-5-8-19(17)32-21/h4-5,7-10,13-16,32H,6,11-12H2,1-3H3,(H,33,34). The van der Waals surface area contributed by atoms with Crippen molar-refractivity contribution >= 4 is 34.3 Å². The Kier molecular flexibility index (Phi) is 8.53. The van der Waals surface area contributed by atoms with E-state index in [1.54, 1.807) is 25.2 Å². The Labute approximate surface area is 227 Å². The van der Waals surface area contributed by atoms with Crippen LogP contribution in [0.4, 0.5) is 24.7 Å². The first-order chi connectivity index (χ1) is 19.0. The van der Waals surface area contributed by atoms with Crippen LogP contribution in [0.3, 0.4) is 0 Å². The number of carbonyl (C=O) groups is 2. The van der Waals surface area contributed by atoms with Crippen LogP contribution in [0.1, 0.15) is 16.8 Å². The first-order valence-electron chi connectivity index (χ1n) is 12.2. The number of anilines is 2. The first kappa shape index (κ1) is 28.4. The van der Waals surface area contributed by atoms with Crippen LogP contribution in [-0.2, 0) is 9.63 Å². The first-order valence-corrected chi connectivity index (χ1v) is 12.2. The number of amides is 1. The molecule has 0 aliphatic rings. The van der Waals surface area contributed by atoms with Gasteiger partial charge in [0.2, 0.25) is 0 Å². The van der Waals surface area contributed by atoms with E-state index in [2.05, 4.69) is 25.1 Å². The van der Waals surface area contributed by atoms with E-state index in [1.165, 1.54) is 31.5 Å². The lowest BCUT2D eigenvalue weighted by Crippen LogP contribution is -2.39. The zero-order chi connectivity index (χ0) is 28.9. The van der Waals surface area contributed by atoms with E-state index in [1.807, 2.05) is 30.3 Å². The quantitative estimate of drug-likeness (QED) is 0.283. The molecule has 0 radical (unpaired) electrons. The molecular weight excluding hydrogens is 529 g/mol. The number of fused-ring (bicyclic) bond motifs is 1. The van der Waals surface area contributed by atoms with Crippen LogP contribution < -0.4 is 10.1 Å². The van der Waals surface area contributed by atoms with Crippen molar-refractivity contribution in [3.05, 3.63) is 66.5 Å². The Hall–Kier alpha value is -4.65. The summed E-state index contributed by atoms with van der Waals surface area (Å²) in [5.41, 5.74) is 2.70. The van der Waals surface area contributed by atoms with Crippen molar-refractivity contribution in [3.8, 4) is 17.1 Å². The Balaban J connectivity index is 1.55. The Morgan fingerprint density at radius 1 is 1.05 bits per heavy atom. The highest BCUT2D eigenvalue weighted by molar-refractivity contribution is 5.95. The number of ether oxygens (including phenoxy) is 1. The zero-order valence-corrected chi connectivity index (χ0v) is 22.0. The van der Waals surface area contributed by atoms with Crippen LogP contribution >= 0.6 is 0 Å². The number of hydrogen-bond donors (Lipinski definition) is 2. The van der Waals surface area contributed by atoms with Gasteiger partial charge >= 0.3 is 12.1 Å². The normalized spacial score (nSPS) is 11.5. The zero-order valence-electron chi connectivity index (χ0n) is 22.0. The number of halogens is 3. The summed E-state index contributed by atoms with van der Waals surface area (Å²) >= 11 is 0. The topological polar surface area (TPSA) is 113 Å². The van der Waals surface area contributed by atoms with Gasteiger partial charge in [-0.25, -0.2) is 9.78 Å². The van der Waals surface area contributed by atoms with Gasteiger partial charge in [0.1, 0.15) is 17.3 Å². The van der Waals surface area contributed by atoms with Gasteiger partial charge in [0, 0.05) is 16.5 Å². The second-order valence-electron chi connectivity index (χ2n) is 9.04. The fourth-order valence-electron chi connectivity index (χ4n) is 3.85. The fourth-order valence-corrected chi connectivity index (χ4v) is 3.85. The molecule has 2 aromatic carbocycles. The number of benzene rings is 2. The number of hydroxylamine groups is 2. The van der Waals surface area contributed by atoms with E-state index < -0.39 is 18.1 Å². The number of methoxy groups -OCH3 is 1. The van der Waals surface area contributed by atoms with Gasteiger partial charge in [-0.1, -0.05) is 18.2 Å². The number of alkyl halides is 3. The van der Waals surface area contributed by atoms with Crippen LogP contribution in [0.5, 0.6) is 5.75 Å². The van der Waals surface area contributed by atoms with Crippen LogP contribution in [0.15, 0.2) is 60.9 Å². The highest BCUT2D eigenvalue weighted by atomic mass is 19.4. The lowest BCUT2D eigenvalue weighted by atomic mass is 10.1. The molecule has 10 nitrogen and oxygen atoms in total. The van der Waals surface area contributed by atoms with E-state index >= 15 is 0 Å². The molecular formula is C27H27F3N6O4. The van der Waals surface area contributed by atoms with E-state index in [4.69, 9.17) is 4.74 Å². The maximum atomic E-state index is 13.1. The molecule has 0 bridgehead atoms. The second-order valence-corrected chi connectivity index (χ2v) is 9.04. The molecule has 2 N–H and O–H groups in total. The van der Waals surface area contributed by atoms with Crippen LogP contribution in [-0.4, -0.2) is 77.3 Å². The second kappa shape index (κ2) is 12.0. The SMILES string of the molecule is COc1cc(C(=O)N(CCCN(C)C)OC(=O)C(F)(F)F)ccc1Nc1cncc(-c2cc3ccccc3[nH]2)n1. The van der Waals surface area contributed by atoms with Gasteiger partial charge in [0.25, 0.3) is 5.91 Å². The predicted molar refractivity (Wildman–Crippen MR) is 142 cm³/mol. The summed E-state index contributed by atoms with van der Waals surface area (Å²) in [5.74, 6) is -2.82. The predicted octanol–water partition coefficient (Wildman–Crippen LogP) is 4.79. The van der Waals surface area contributed by atoms with Crippen LogP contribution in [0, 0.1) is 0 Å². The number of aromatic nitrogens is 3. The van der Waals surface area contributed by atoms with Crippen molar-refractivity contribution in [1.29, 1.82) is 0 Å². The van der Waals surface area contributed by atoms with Crippen molar-refractivity contribution in [1.82, 2.24) is 24.9 Å². The van der Waals surface area contributed by atoms with Crippen molar-refractivity contribution in [3.63, 3.8) is 0 Å². The van der Waals surface area contributed by atoms with E-state index in [0.717, 1.165) is 16.6 Å². The number of para-hydroxylation sites is 1. The number of rotatable bonds is 9. The summed E-state index contributed by atoms with van der Waals surface area (Å²) in [6.45, 7) is 0.218. The minimum Gasteiger partial charge on any atom is -0.495 e. The lowest BCUT2D eigenvalue weighted by Gasteiger charge is -2.23. The Morgan fingerprint density at radius 3 is 2.52 bits per heavy atom. The average molecular weight is 557 g/mol. The minimum absolute atomic E-state index is 0.0415. The molecule has 4 rings (SSSR count).